The highest BCUT2D eigenvalue weighted by Crippen LogP contribution is 2.39. The number of morpholine rings is 1. The summed E-state index contributed by atoms with van der Waals surface area (Å²) in [4.78, 5) is 14.6. The molecule has 0 bridgehead atoms. The number of piperidine rings is 1. The van der Waals surface area contributed by atoms with Crippen LogP contribution in [0.25, 0.3) is 0 Å². The maximum absolute atomic E-state index is 12.5. The first-order valence-corrected chi connectivity index (χ1v) is 8.07. The van der Waals surface area contributed by atoms with Crippen molar-refractivity contribution >= 4 is 5.91 Å². The molecule has 0 aromatic heterocycles. The summed E-state index contributed by atoms with van der Waals surface area (Å²) < 4.78 is 6.53. The number of hydrogen-bond acceptors (Lipinski definition) is 3. The van der Waals surface area contributed by atoms with E-state index in [9.17, 15) is 4.79 Å². The molecule has 1 amide bonds. The molecule has 20 heavy (non-hydrogen) atoms. The minimum atomic E-state index is -0.105. The Hall–Kier alpha value is -0.610. The second kappa shape index (κ2) is 4.99. The number of nitrogens with zero attached hydrogens (tertiary/aromatic N) is 1. The fraction of sp³-hybridized carbons (Fsp3) is 0.938. The number of rotatable bonds is 1. The molecule has 4 heteroatoms. The van der Waals surface area contributed by atoms with Gasteiger partial charge in [0.2, 0.25) is 5.91 Å². The van der Waals surface area contributed by atoms with E-state index in [4.69, 9.17) is 4.74 Å². The Morgan fingerprint density at radius 1 is 1.25 bits per heavy atom. The molecule has 3 aliphatic rings. The average Bonchev–Trinajstić information content (AvgIpc) is 3.21. The van der Waals surface area contributed by atoms with Gasteiger partial charge in [-0.3, -0.25) is 4.79 Å². The van der Waals surface area contributed by atoms with E-state index >= 15 is 0 Å². The SMILES string of the molecule is CC(C)(C)C1CN(C(=O)C2CC2)CC2(CCNCC2)O1. The van der Waals surface area contributed by atoms with Crippen LogP contribution in [-0.2, 0) is 9.53 Å². The zero-order chi connectivity index (χ0) is 14.4. The molecule has 0 aromatic rings. The first kappa shape index (κ1) is 14.3. The Labute approximate surface area is 122 Å². The normalized spacial score (nSPS) is 30.6. The number of ether oxygens (including phenoxy) is 1. The van der Waals surface area contributed by atoms with Gasteiger partial charge in [0.1, 0.15) is 0 Å². The first-order valence-electron chi connectivity index (χ1n) is 8.07. The number of nitrogens with one attached hydrogen (secondary N) is 1. The molecule has 1 N–H and O–H groups in total. The maximum atomic E-state index is 12.5. The molecular formula is C16H28N2O2. The molecule has 3 fully saturated rings. The molecule has 1 atom stereocenters. The molecule has 1 aliphatic carbocycles. The molecule has 1 spiro atoms. The lowest BCUT2D eigenvalue weighted by atomic mass is 9.83. The second-order valence-corrected chi connectivity index (χ2v) is 7.90. The summed E-state index contributed by atoms with van der Waals surface area (Å²) in [6.07, 6.45) is 4.37. The van der Waals surface area contributed by atoms with Gasteiger partial charge in [0.25, 0.3) is 0 Å². The Morgan fingerprint density at radius 3 is 2.45 bits per heavy atom. The van der Waals surface area contributed by atoms with Crippen LogP contribution in [0.1, 0.15) is 46.5 Å². The van der Waals surface area contributed by atoms with Gasteiger partial charge in [-0.2, -0.15) is 0 Å². The third-order valence-electron chi connectivity index (χ3n) is 4.98. The van der Waals surface area contributed by atoms with Gasteiger partial charge in [-0.15, -0.1) is 0 Å². The average molecular weight is 280 g/mol. The summed E-state index contributed by atoms with van der Waals surface area (Å²) in [7, 11) is 0. The van der Waals surface area contributed by atoms with Gasteiger partial charge in [-0.05, 0) is 44.2 Å². The Morgan fingerprint density at radius 2 is 1.90 bits per heavy atom. The van der Waals surface area contributed by atoms with E-state index in [2.05, 4.69) is 31.0 Å². The monoisotopic (exact) mass is 280 g/mol. The minimum Gasteiger partial charge on any atom is -0.367 e. The lowest BCUT2D eigenvalue weighted by Crippen LogP contribution is -2.62. The lowest BCUT2D eigenvalue weighted by molar-refractivity contribution is -0.199. The minimum absolute atomic E-state index is 0.0837. The molecule has 2 heterocycles. The van der Waals surface area contributed by atoms with Crippen LogP contribution in [0.5, 0.6) is 0 Å². The van der Waals surface area contributed by atoms with Crippen molar-refractivity contribution in [1.82, 2.24) is 10.2 Å². The van der Waals surface area contributed by atoms with Crippen molar-refractivity contribution in [1.29, 1.82) is 0 Å². The molecule has 2 aliphatic heterocycles. The van der Waals surface area contributed by atoms with Crippen molar-refractivity contribution in [3.8, 4) is 0 Å². The number of carbonyl (C=O) groups is 1. The highest BCUT2D eigenvalue weighted by Gasteiger charge is 2.47. The van der Waals surface area contributed by atoms with Gasteiger partial charge in [-0.1, -0.05) is 20.8 Å². The van der Waals surface area contributed by atoms with E-state index in [1.807, 2.05) is 0 Å². The largest absolute Gasteiger partial charge is 0.367 e. The standard InChI is InChI=1S/C16H28N2O2/c1-15(2,3)13-10-18(14(19)12-4-5-12)11-16(20-13)6-8-17-9-7-16/h12-13,17H,4-11H2,1-3H3. The summed E-state index contributed by atoms with van der Waals surface area (Å²) >= 11 is 0. The molecule has 0 radical (unpaired) electrons. The molecular weight excluding hydrogens is 252 g/mol. The second-order valence-electron chi connectivity index (χ2n) is 7.90. The molecule has 4 nitrogen and oxygen atoms in total. The van der Waals surface area contributed by atoms with Crippen LogP contribution in [0.2, 0.25) is 0 Å². The predicted octanol–water partition coefficient (Wildman–Crippen LogP) is 1.79. The molecule has 2 saturated heterocycles. The van der Waals surface area contributed by atoms with Gasteiger partial charge in [0, 0.05) is 19.0 Å². The van der Waals surface area contributed by atoms with Crippen molar-refractivity contribution in [3.05, 3.63) is 0 Å². The molecule has 1 unspecified atom stereocenters. The van der Waals surface area contributed by atoms with Crippen LogP contribution in [0, 0.1) is 11.3 Å². The Bertz CT molecular complexity index is 378. The lowest BCUT2D eigenvalue weighted by Gasteiger charge is -2.51. The van der Waals surface area contributed by atoms with Crippen molar-refractivity contribution in [2.75, 3.05) is 26.2 Å². The van der Waals surface area contributed by atoms with E-state index in [1.165, 1.54) is 0 Å². The summed E-state index contributed by atoms with van der Waals surface area (Å²) in [5.74, 6) is 0.688. The molecule has 1 saturated carbocycles. The third kappa shape index (κ3) is 2.86. The van der Waals surface area contributed by atoms with Crippen LogP contribution in [0.3, 0.4) is 0 Å². The van der Waals surface area contributed by atoms with Crippen molar-refractivity contribution in [2.24, 2.45) is 11.3 Å². The summed E-state index contributed by atoms with van der Waals surface area (Å²) in [6.45, 7) is 10.2. The van der Waals surface area contributed by atoms with Crippen molar-refractivity contribution < 1.29 is 9.53 Å². The van der Waals surface area contributed by atoms with E-state index in [0.717, 1.165) is 51.9 Å². The van der Waals surface area contributed by atoms with Crippen LogP contribution >= 0.6 is 0 Å². The van der Waals surface area contributed by atoms with Crippen LogP contribution < -0.4 is 5.32 Å². The van der Waals surface area contributed by atoms with Gasteiger partial charge in [0.05, 0.1) is 11.7 Å². The maximum Gasteiger partial charge on any atom is 0.225 e. The quantitative estimate of drug-likeness (QED) is 0.796. The fourth-order valence-corrected chi connectivity index (χ4v) is 3.35. The highest BCUT2D eigenvalue weighted by molar-refractivity contribution is 5.81. The summed E-state index contributed by atoms with van der Waals surface area (Å²) in [5.41, 5.74) is -0.0215. The smallest absolute Gasteiger partial charge is 0.225 e. The van der Waals surface area contributed by atoms with Crippen LogP contribution in [-0.4, -0.2) is 48.7 Å². The predicted molar refractivity (Wildman–Crippen MR) is 78.5 cm³/mol. The highest BCUT2D eigenvalue weighted by atomic mass is 16.5. The van der Waals surface area contributed by atoms with Gasteiger partial charge in [-0.25, -0.2) is 0 Å². The van der Waals surface area contributed by atoms with Gasteiger partial charge >= 0.3 is 0 Å². The van der Waals surface area contributed by atoms with Crippen LogP contribution in [0.4, 0.5) is 0 Å². The Balaban J connectivity index is 1.79. The van der Waals surface area contributed by atoms with E-state index in [0.29, 0.717) is 11.8 Å². The van der Waals surface area contributed by atoms with Crippen molar-refractivity contribution in [2.45, 2.75) is 58.2 Å². The van der Waals surface area contributed by atoms with Gasteiger partial charge < -0.3 is 15.0 Å². The summed E-state index contributed by atoms with van der Waals surface area (Å²) in [6, 6.07) is 0. The van der Waals surface area contributed by atoms with Crippen LogP contribution in [0.15, 0.2) is 0 Å². The van der Waals surface area contributed by atoms with E-state index in [1.54, 1.807) is 0 Å². The number of amides is 1. The number of carbonyl (C=O) groups excluding carboxylic acids is 1. The fourth-order valence-electron chi connectivity index (χ4n) is 3.35. The first-order chi connectivity index (χ1) is 9.40. The van der Waals surface area contributed by atoms with Gasteiger partial charge in [0.15, 0.2) is 0 Å². The Kier molecular flexibility index (Phi) is 3.57. The van der Waals surface area contributed by atoms with E-state index < -0.39 is 0 Å². The third-order valence-corrected chi connectivity index (χ3v) is 4.98. The number of hydrogen-bond donors (Lipinski definition) is 1. The topological polar surface area (TPSA) is 41.6 Å². The van der Waals surface area contributed by atoms with E-state index in [-0.39, 0.29) is 17.1 Å². The molecule has 0 aromatic carbocycles. The summed E-state index contributed by atoms with van der Waals surface area (Å²) in [5, 5.41) is 3.41. The molecule has 3 rings (SSSR count). The van der Waals surface area contributed by atoms with Crippen molar-refractivity contribution in [3.63, 3.8) is 0 Å². The zero-order valence-corrected chi connectivity index (χ0v) is 13.1. The zero-order valence-electron chi connectivity index (χ0n) is 13.1. The molecule has 114 valence electrons.